The zero-order valence-corrected chi connectivity index (χ0v) is 16.0. The van der Waals surface area contributed by atoms with E-state index in [2.05, 4.69) is 65.5 Å². The largest absolute Gasteiger partial charge is 0.377 e. The Morgan fingerprint density at radius 2 is 1.85 bits per heavy atom. The number of pyridine rings is 1. The molecule has 138 valence electrons. The van der Waals surface area contributed by atoms with Crippen LogP contribution in [0.5, 0.6) is 0 Å². The Kier molecular flexibility index (Phi) is 4.86. The number of rotatable bonds is 6. The maximum atomic E-state index is 4.70. The van der Waals surface area contributed by atoms with E-state index in [-0.39, 0.29) is 5.54 Å². The van der Waals surface area contributed by atoms with Crippen LogP contribution in [-0.2, 0) is 6.54 Å². The monoisotopic (exact) mass is 350 g/mol. The predicted molar refractivity (Wildman–Crippen MR) is 109 cm³/mol. The molecule has 0 bridgehead atoms. The van der Waals surface area contributed by atoms with Crippen molar-refractivity contribution >= 4 is 11.5 Å². The molecule has 0 unspecified atom stereocenters. The molecule has 0 amide bonds. The molecule has 26 heavy (non-hydrogen) atoms. The fraction of sp³-hybridized carbons (Fsp3) is 0.500. The highest BCUT2D eigenvalue weighted by Crippen LogP contribution is 2.40. The zero-order valence-electron chi connectivity index (χ0n) is 16.0. The Morgan fingerprint density at radius 1 is 1.12 bits per heavy atom. The lowest BCUT2D eigenvalue weighted by Crippen LogP contribution is -2.43. The second kappa shape index (κ2) is 7.28. The first-order chi connectivity index (χ1) is 12.6. The fourth-order valence-corrected chi connectivity index (χ4v) is 3.89. The number of benzene rings is 1. The minimum atomic E-state index is 0.275. The normalized spacial score (nSPS) is 19.9. The van der Waals surface area contributed by atoms with Gasteiger partial charge in [0.2, 0.25) is 0 Å². The van der Waals surface area contributed by atoms with Crippen LogP contribution in [0.4, 0.5) is 11.5 Å². The van der Waals surface area contributed by atoms with E-state index in [1.807, 2.05) is 12.3 Å². The molecule has 0 radical (unpaired) electrons. The molecule has 1 aromatic carbocycles. The third-order valence-corrected chi connectivity index (χ3v) is 5.91. The lowest BCUT2D eigenvalue weighted by Gasteiger charge is -2.38. The van der Waals surface area contributed by atoms with Gasteiger partial charge in [-0.1, -0.05) is 30.3 Å². The van der Waals surface area contributed by atoms with Gasteiger partial charge in [-0.05, 0) is 50.3 Å². The molecule has 2 aromatic rings. The molecular formula is C22H30N4. The number of hydrogen-bond acceptors (Lipinski definition) is 4. The van der Waals surface area contributed by atoms with Gasteiger partial charge in [-0.25, -0.2) is 4.98 Å². The molecule has 1 aliphatic carbocycles. The lowest BCUT2D eigenvalue weighted by molar-refractivity contribution is 0.203. The van der Waals surface area contributed by atoms with Gasteiger partial charge >= 0.3 is 0 Å². The van der Waals surface area contributed by atoms with Crippen LogP contribution in [0, 0.1) is 0 Å². The highest BCUT2D eigenvalue weighted by atomic mass is 15.2. The van der Waals surface area contributed by atoms with E-state index in [1.165, 1.54) is 36.9 Å². The Hall–Kier alpha value is -2.07. The standard InChI is InChI=1S/C22H30N4/c1-22(12-13-22)24-20-9-6-14-23-21(20)25(2)19-10-15-26(16-11-19)17-18-7-4-3-5-8-18/h3-9,14,19,24H,10-13,15-17H2,1-2H3. The second-order valence-corrected chi connectivity index (χ2v) is 8.16. The molecule has 1 aromatic heterocycles. The van der Waals surface area contributed by atoms with Crippen LogP contribution in [0.25, 0.3) is 0 Å². The summed E-state index contributed by atoms with van der Waals surface area (Å²) in [5.41, 5.74) is 2.87. The van der Waals surface area contributed by atoms with E-state index >= 15 is 0 Å². The van der Waals surface area contributed by atoms with Crippen molar-refractivity contribution in [3.63, 3.8) is 0 Å². The van der Waals surface area contributed by atoms with E-state index < -0.39 is 0 Å². The van der Waals surface area contributed by atoms with E-state index in [0.717, 1.165) is 25.5 Å². The summed E-state index contributed by atoms with van der Waals surface area (Å²) in [5.74, 6) is 1.10. The molecule has 4 rings (SSSR count). The molecule has 2 fully saturated rings. The number of nitrogens with zero attached hydrogens (tertiary/aromatic N) is 3. The van der Waals surface area contributed by atoms with Crippen molar-refractivity contribution in [1.82, 2.24) is 9.88 Å². The van der Waals surface area contributed by atoms with Gasteiger partial charge in [0.1, 0.15) is 0 Å². The molecular weight excluding hydrogens is 320 g/mol. The summed E-state index contributed by atoms with van der Waals surface area (Å²) in [6, 6.07) is 15.6. The van der Waals surface area contributed by atoms with Crippen LogP contribution in [0.3, 0.4) is 0 Å². The first-order valence-corrected chi connectivity index (χ1v) is 9.85. The Bertz CT molecular complexity index is 718. The topological polar surface area (TPSA) is 31.4 Å². The van der Waals surface area contributed by atoms with Gasteiger partial charge in [0, 0.05) is 44.5 Å². The van der Waals surface area contributed by atoms with E-state index in [9.17, 15) is 0 Å². The van der Waals surface area contributed by atoms with Gasteiger partial charge in [0.15, 0.2) is 5.82 Å². The Labute approximate surface area is 157 Å². The minimum Gasteiger partial charge on any atom is -0.377 e. The fourth-order valence-electron chi connectivity index (χ4n) is 3.89. The van der Waals surface area contributed by atoms with E-state index in [4.69, 9.17) is 4.98 Å². The van der Waals surface area contributed by atoms with Gasteiger partial charge in [0.05, 0.1) is 5.69 Å². The van der Waals surface area contributed by atoms with Crippen LogP contribution in [0.15, 0.2) is 48.7 Å². The highest BCUT2D eigenvalue weighted by molar-refractivity contribution is 5.67. The van der Waals surface area contributed by atoms with Crippen LogP contribution < -0.4 is 10.2 Å². The molecule has 1 saturated carbocycles. The molecule has 1 aliphatic heterocycles. The Balaban J connectivity index is 1.37. The van der Waals surface area contributed by atoms with Gasteiger partial charge in [0.25, 0.3) is 0 Å². The van der Waals surface area contributed by atoms with Crippen molar-refractivity contribution in [2.75, 3.05) is 30.4 Å². The average molecular weight is 351 g/mol. The van der Waals surface area contributed by atoms with Crippen molar-refractivity contribution < 1.29 is 0 Å². The van der Waals surface area contributed by atoms with Crippen LogP contribution >= 0.6 is 0 Å². The second-order valence-electron chi connectivity index (χ2n) is 8.16. The maximum absolute atomic E-state index is 4.70. The number of piperidine rings is 1. The van der Waals surface area contributed by atoms with Gasteiger partial charge in [-0.3, -0.25) is 4.90 Å². The molecule has 4 heteroatoms. The quantitative estimate of drug-likeness (QED) is 0.848. The molecule has 2 heterocycles. The molecule has 2 aliphatic rings. The average Bonchev–Trinajstić information content (AvgIpc) is 3.40. The van der Waals surface area contributed by atoms with Crippen molar-refractivity contribution in [3.8, 4) is 0 Å². The summed E-state index contributed by atoms with van der Waals surface area (Å²) < 4.78 is 0. The predicted octanol–water partition coefficient (Wildman–Crippen LogP) is 4.15. The lowest BCUT2D eigenvalue weighted by atomic mass is 10.0. The third kappa shape index (κ3) is 4.01. The minimum absolute atomic E-state index is 0.275. The first kappa shape index (κ1) is 17.3. The van der Waals surface area contributed by atoms with Crippen molar-refractivity contribution in [1.29, 1.82) is 0 Å². The van der Waals surface area contributed by atoms with Gasteiger partial charge < -0.3 is 10.2 Å². The zero-order chi connectivity index (χ0) is 18.0. The number of anilines is 2. The number of likely N-dealkylation sites (tertiary alicyclic amines) is 1. The summed E-state index contributed by atoms with van der Waals surface area (Å²) in [4.78, 5) is 9.67. The molecule has 1 saturated heterocycles. The van der Waals surface area contributed by atoms with Gasteiger partial charge in [-0.2, -0.15) is 0 Å². The smallest absolute Gasteiger partial charge is 0.151 e. The number of aromatic nitrogens is 1. The summed E-state index contributed by atoms with van der Waals surface area (Å²) in [7, 11) is 2.21. The summed E-state index contributed by atoms with van der Waals surface area (Å²) in [5, 5.41) is 3.71. The molecule has 1 N–H and O–H groups in total. The van der Waals surface area contributed by atoms with Crippen molar-refractivity contribution in [2.45, 2.75) is 50.7 Å². The van der Waals surface area contributed by atoms with E-state index in [1.54, 1.807) is 0 Å². The summed E-state index contributed by atoms with van der Waals surface area (Å²) in [6.07, 6.45) is 6.80. The molecule has 0 atom stereocenters. The molecule has 4 nitrogen and oxygen atoms in total. The summed E-state index contributed by atoms with van der Waals surface area (Å²) in [6.45, 7) is 5.66. The van der Waals surface area contributed by atoms with Crippen molar-refractivity contribution in [3.05, 3.63) is 54.2 Å². The number of nitrogens with one attached hydrogen (secondary N) is 1. The summed E-state index contributed by atoms with van der Waals surface area (Å²) >= 11 is 0. The van der Waals surface area contributed by atoms with Crippen LogP contribution in [0.2, 0.25) is 0 Å². The first-order valence-electron chi connectivity index (χ1n) is 9.85. The van der Waals surface area contributed by atoms with Gasteiger partial charge in [-0.15, -0.1) is 0 Å². The maximum Gasteiger partial charge on any atom is 0.151 e. The molecule has 0 spiro atoms. The highest BCUT2D eigenvalue weighted by Gasteiger charge is 2.38. The van der Waals surface area contributed by atoms with Crippen molar-refractivity contribution in [2.24, 2.45) is 0 Å². The third-order valence-electron chi connectivity index (χ3n) is 5.91. The Morgan fingerprint density at radius 3 is 2.54 bits per heavy atom. The SMILES string of the molecule is CN(c1ncccc1NC1(C)CC1)C1CCN(Cc2ccccc2)CC1. The van der Waals surface area contributed by atoms with Crippen LogP contribution in [-0.4, -0.2) is 41.6 Å². The number of hydrogen-bond donors (Lipinski definition) is 1. The van der Waals surface area contributed by atoms with E-state index in [0.29, 0.717) is 6.04 Å². The van der Waals surface area contributed by atoms with Crippen LogP contribution in [0.1, 0.15) is 38.2 Å².